The topological polar surface area (TPSA) is 61.8 Å². The van der Waals surface area contributed by atoms with E-state index >= 15 is 0 Å². The van der Waals surface area contributed by atoms with Gasteiger partial charge in [0.25, 0.3) is 0 Å². The van der Waals surface area contributed by atoms with E-state index in [1.165, 1.54) is 25.7 Å². The quantitative estimate of drug-likeness (QED) is 0.206. The molecule has 0 unspecified atom stereocenters. The standard InChI is InChI=1S/C25H40O5/c1-6-9-10-11-12-19-30-22-15-13-21(14-16-22)17-18-25(20(4)5,23(26)28-7-2)24(27)29-8-3/h13-16,20H,6-12,17-19H2,1-5H3. The first-order valence-electron chi connectivity index (χ1n) is 11.5. The summed E-state index contributed by atoms with van der Waals surface area (Å²) in [5, 5.41) is 0. The second-order valence-corrected chi connectivity index (χ2v) is 7.97. The van der Waals surface area contributed by atoms with Gasteiger partial charge in [-0.2, -0.15) is 0 Å². The van der Waals surface area contributed by atoms with Crippen LogP contribution in [0.4, 0.5) is 0 Å². The van der Waals surface area contributed by atoms with E-state index in [9.17, 15) is 9.59 Å². The normalized spacial score (nSPS) is 11.4. The zero-order chi connectivity index (χ0) is 22.4. The molecular formula is C25H40O5. The highest BCUT2D eigenvalue weighted by molar-refractivity contribution is 6.00. The van der Waals surface area contributed by atoms with Crippen molar-refractivity contribution in [3.05, 3.63) is 29.8 Å². The number of hydrogen-bond acceptors (Lipinski definition) is 5. The molecule has 0 saturated heterocycles. The third-order valence-electron chi connectivity index (χ3n) is 5.51. The zero-order valence-corrected chi connectivity index (χ0v) is 19.5. The molecule has 1 aromatic carbocycles. The van der Waals surface area contributed by atoms with Gasteiger partial charge in [-0.25, -0.2) is 0 Å². The van der Waals surface area contributed by atoms with Crippen molar-refractivity contribution >= 4 is 11.9 Å². The fourth-order valence-electron chi connectivity index (χ4n) is 3.56. The molecule has 0 bridgehead atoms. The lowest BCUT2D eigenvalue weighted by molar-refractivity contribution is -0.176. The molecule has 0 atom stereocenters. The van der Waals surface area contributed by atoms with E-state index < -0.39 is 17.4 Å². The molecule has 0 spiro atoms. The average Bonchev–Trinajstić information content (AvgIpc) is 2.72. The molecule has 0 aliphatic rings. The molecule has 0 saturated carbocycles. The van der Waals surface area contributed by atoms with E-state index in [0.29, 0.717) is 12.8 Å². The van der Waals surface area contributed by atoms with Crippen molar-refractivity contribution in [1.29, 1.82) is 0 Å². The maximum Gasteiger partial charge on any atom is 0.323 e. The summed E-state index contributed by atoms with van der Waals surface area (Å²) < 4.78 is 16.3. The monoisotopic (exact) mass is 420 g/mol. The van der Waals surface area contributed by atoms with E-state index in [2.05, 4.69) is 6.92 Å². The van der Waals surface area contributed by atoms with Crippen LogP contribution in [0.3, 0.4) is 0 Å². The summed E-state index contributed by atoms with van der Waals surface area (Å²) in [5.74, 6) is -0.381. The Hall–Kier alpha value is -2.04. The van der Waals surface area contributed by atoms with Crippen molar-refractivity contribution in [1.82, 2.24) is 0 Å². The summed E-state index contributed by atoms with van der Waals surface area (Å²) in [5.41, 5.74) is -0.247. The van der Waals surface area contributed by atoms with Gasteiger partial charge in [0.1, 0.15) is 5.75 Å². The second-order valence-electron chi connectivity index (χ2n) is 7.97. The van der Waals surface area contributed by atoms with Gasteiger partial charge in [0.2, 0.25) is 0 Å². The van der Waals surface area contributed by atoms with Crippen LogP contribution in [-0.4, -0.2) is 31.8 Å². The smallest absolute Gasteiger partial charge is 0.323 e. The summed E-state index contributed by atoms with van der Waals surface area (Å²) in [6, 6.07) is 7.89. The summed E-state index contributed by atoms with van der Waals surface area (Å²) in [6.07, 6.45) is 6.98. The molecule has 30 heavy (non-hydrogen) atoms. The Morgan fingerprint density at radius 1 is 0.867 bits per heavy atom. The molecule has 0 aromatic heterocycles. The van der Waals surface area contributed by atoms with E-state index in [1.807, 2.05) is 38.1 Å². The first kappa shape index (κ1) is 26.0. The van der Waals surface area contributed by atoms with Gasteiger partial charge in [0, 0.05) is 0 Å². The lowest BCUT2D eigenvalue weighted by Gasteiger charge is -2.32. The van der Waals surface area contributed by atoms with Gasteiger partial charge in [-0.05, 0) is 56.7 Å². The predicted molar refractivity (Wildman–Crippen MR) is 120 cm³/mol. The predicted octanol–water partition coefficient (Wildman–Crippen LogP) is 5.74. The van der Waals surface area contributed by atoms with Crippen molar-refractivity contribution in [3.63, 3.8) is 0 Å². The highest BCUT2D eigenvalue weighted by atomic mass is 16.6. The lowest BCUT2D eigenvalue weighted by atomic mass is 9.73. The van der Waals surface area contributed by atoms with Gasteiger partial charge in [0.05, 0.1) is 19.8 Å². The fourth-order valence-corrected chi connectivity index (χ4v) is 3.56. The number of benzene rings is 1. The van der Waals surface area contributed by atoms with E-state index in [-0.39, 0.29) is 19.1 Å². The molecule has 1 rings (SSSR count). The van der Waals surface area contributed by atoms with Crippen LogP contribution >= 0.6 is 0 Å². The highest BCUT2D eigenvalue weighted by Gasteiger charge is 2.51. The van der Waals surface area contributed by atoms with Crippen LogP contribution < -0.4 is 4.74 Å². The molecule has 5 nitrogen and oxygen atoms in total. The Bertz CT molecular complexity index is 603. The molecule has 0 amide bonds. The van der Waals surface area contributed by atoms with Gasteiger partial charge in [0.15, 0.2) is 5.41 Å². The number of carbonyl (C=O) groups excluding carboxylic acids is 2. The Labute approximate surface area is 182 Å². The third-order valence-corrected chi connectivity index (χ3v) is 5.51. The molecule has 5 heteroatoms. The minimum atomic E-state index is -1.29. The van der Waals surface area contributed by atoms with Crippen LogP contribution in [0, 0.1) is 11.3 Å². The second kappa shape index (κ2) is 14.1. The minimum absolute atomic E-state index is 0.231. The van der Waals surface area contributed by atoms with Crippen molar-refractivity contribution in [2.75, 3.05) is 19.8 Å². The van der Waals surface area contributed by atoms with Crippen LogP contribution in [0.5, 0.6) is 5.75 Å². The minimum Gasteiger partial charge on any atom is -0.494 e. The van der Waals surface area contributed by atoms with Crippen molar-refractivity contribution in [2.24, 2.45) is 11.3 Å². The first-order chi connectivity index (χ1) is 14.4. The Kier molecular flexibility index (Phi) is 12.2. The maximum atomic E-state index is 12.8. The van der Waals surface area contributed by atoms with Crippen molar-refractivity contribution in [2.45, 2.75) is 79.6 Å². The van der Waals surface area contributed by atoms with Gasteiger partial charge < -0.3 is 14.2 Å². The summed E-state index contributed by atoms with van der Waals surface area (Å²) in [7, 11) is 0. The van der Waals surface area contributed by atoms with Gasteiger partial charge in [-0.3, -0.25) is 9.59 Å². The van der Waals surface area contributed by atoms with Gasteiger partial charge in [-0.15, -0.1) is 0 Å². The average molecular weight is 421 g/mol. The van der Waals surface area contributed by atoms with E-state index in [0.717, 1.165) is 24.3 Å². The summed E-state index contributed by atoms with van der Waals surface area (Å²) in [4.78, 5) is 25.5. The highest BCUT2D eigenvalue weighted by Crippen LogP contribution is 2.36. The summed E-state index contributed by atoms with van der Waals surface area (Å²) in [6.45, 7) is 10.6. The zero-order valence-electron chi connectivity index (χ0n) is 19.5. The number of ether oxygens (including phenoxy) is 3. The third kappa shape index (κ3) is 7.66. The fraction of sp³-hybridized carbons (Fsp3) is 0.680. The van der Waals surface area contributed by atoms with E-state index in [1.54, 1.807) is 13.8 Å². The molecule has 0 radical (unpaired) electrons. The molecule has 0 heterocycles. The van der Waals surface area contributed by atoms with Crippen LogP contribution in [0.15, 0.2) is 24.3 Å². The molecule has 0 aliphatic carbocycles. The van der Waals surface area contributed by atoms with Crippen LogP contribution in [0.25, 0.3) is 0 Å². The van der Waals surface area contributed by atoms with Gasteiger partial charge >= 0.3 is 11.9 Å². The number of hydrogen-bond donors (Lipinski definition) is 0. The Morgan fingerprint density at radius 3 is 1.93 bits per heavy atom. The Balaban J connectivity index is 2.74. The largest absolute Gasteiger partial charge is 0.494 e. The number of carbonyl (C=O) groups is 2. The number of esters is 2. The van der Waals surface area contributed by atoms with Gasteiger partial charge in [-0.1, -0.05) is 58.6 Å². The number of unbranched alkanes of at least 4 members (excludes halogenated alkanes) is 4. The van der Waals surface area contributed by atoms with Crippen LogP contribution in [-0.2, 0) is 25.5 Å². The molecule has 0 fully saturated rings. The van der Waals surface area contributed by atoms with Crippen molar-refractivity contribution in [3.8, 4) is 5.75 Å². The lowest BCUT2D eigenvalue weighted by Crippen LogP contribution is -2.46. The molecule has 1 aromatic rings. The molecular weight excluding hydrogens is 380 g/mol. The Morgan fingerprint density at radius 2 is 1.43 bits per heavy atom. The molecule has 0 aliphatic heterocycles. The van der Waals surface area contributed by atoms with E-state index in [4.69, 9.17) is 14.2 Å². The molecule has 0 N–H and O–H groups in total. The molecule has 170 valence electrons. The van der Waals surface area contributed by atoms with Crippen molar-refractivity contribution < 1.29 is 23.8 Å². The van der Waals surface area contributed by atoms with Crippen LogP contribution in [0.1, 0.15) is 78.7 Å². The maximum absolute atomic E-state index is 12.8. The number of rotatable bonds is 15. The summed E-state index contributed by atoms with van der Waals surface area (Å²) >= 11 is 0. The first-order valence-corrected chi connectivity index (χ1v) is 11.5. The number of aryl methyl sites for hydroxylation is 1. The van der Waals surface area contributed by atoms with Crippen LogP contribution in [0.2, 0.25) is 0 Å². The SMILES string of the molecule is CCCCCCCOc1ccc(CCC(C(=O)OCC)(C(=O)OCC)C(C)C)cc1.